The number of carbonyl (C=O) groups is 1. The molecule has 0 spiro atoms. The number of allylic oxidation sites excluding steroid dienone is 2. The van der Waals surface area contributed by atoms with Gasteiger partial charge in [-0.15, -0.1) is 0 Å². The number of hydrogen-bond donors (Lipinski definition) is 3. The van der Waals surface area contributed by atoms with Gasteiger partial charge in [0, 0.05) is 38.3 Å². The fourth-order valence-corrected chi connectivity index (χ4v) is 14.9. The number of nitrogens with zero attached hydrogens (tertiary/aromatic N) is 1. The van der Waals surface area contributed by atoms with Gasteiger partial charge in [-0.05, 0) is 132 Å². The van der Waals surface area contributed by atoms with Gasteiger partial charge in [0.15, 0.2) is 9.84 Å². The molecule has 0 aromatic heterocycles. The molecular formula is C40H60N2O5S. The first-order chi connectivity index (χ1) is 22.6. The fraction of sp³-hybridized carbons (Fsp3) is 0.775. The lowest BCUT2D eigenvalue weighted by Gasteiger charge is -2.72. The molecule has 48 heavy (non-hydrogen) atoms. The zero-order chi connectivity index (χ0) is 34.3. The third kappa shape index (κ3) is 5.20. The van der Waals surface area contributed by atoms with Crippen molar-refractivity contribution in [2.45, 2.75) is 97.9 Å². The van der Waals surface area contributed by atoms with E-state index in [0.29, 0.717) is 48.2 Å². The summed E-state index contributed by atoms with van der Waals surface area (Å²) in [7, 11) is -2.87. The maximum absolute atomic E-state index is 12.0. The number of nitrogens with one attached hydrogen (secondary N) is 1. The van der Waals surface area contributed by atoms with Gasteiger partial charge in [-0.2, -0.15) is 0 Å². The van der Waals surface area contributed by atoms with Gasteiger partial charge in [0.1, 0.15) is 0 Å². The number of hydrogen-bond acceptors (Lipinski definition) is 6. The van der Waals surface area contributed by atoms with Crippen LogP contribution in [0.5, 0.6) is 0 Å². The third-order valence-corrected chi connectivity index (χ3v) is 17.8. The Kier molecular flexibility index (Phi) is 8.61. The van der Waals surface area contributed by atoms with E-state index in [1.165, 1.54) is 44.1 Å². The van der Waals surface area contributed by atoms with Crippen molar-refractivity contribution in [1.29, 1.82) is 0 Å². The molecule has 6 aliphatic rings. The lowest BCUT2D eigenvalue weighted by atomic mass is 9.33. The minimum absolute atomic E-state index is 0.00551. The molecule has 266 valence electrons. The summed E-state index contributed by atoms with van der Waals surface area (Å²) in [5.41, 5.74) is 3.61. The van der Waals surface area contributed by atoms with Crippen LogP contribution in [0.4, 0.5) is 0 Å². The minimum Gasteiger partial charge on any atom is -0.478 e. The van der Waals surface area contributed by atoms with Gasteiger partial charge < -0.3 is 20.4 Å². The number of carboxylic acid groups (broad SMARTS) is 1. The second kappa shape index (κ2) is 11.9. The Bertz CT molecular complexity index is 1540. The minimum atomic E-state index is -2.87. The predicted molar refractivity (Wildman–Crippen MR) is 191 cm³/mol. The van der Waals surface area contributed by atoms with Gasteiger partial charge in [-0.25, -0.2) is 13.2 Å². The Labute approximate surface area is 289 Å². The molecule has 0 unspecified atom stereocenters. The molecule has 7 rings (SSSR count). The van der Waals surface area contributed by atoms with E-state index in [1.54, 1.807) is 12.1 Å². The van der Waals surface area contributed by atoms with Crippen molar-refractivity contribution in [1.82, 2.24) is 10.2 Å². The smallest absolute Gasteiger partial charge is 0.335 e. The monoisotopic (exact) mass is 680 g/mol. The third-order valence-electron chi connectivity index (χ3n) is 16.2. The van der Waals surface area contributed by atoms with Crippen LogP contribution in [0, 0.1) is 51.2 Å². The van der Waals surface area contributed by atoms with E-state index in [1.807, 2.05) is 12.1 Å². The van der Waals surface area contributed by atoms with Crippen LogP contribution in [0.2, 0.25) is 0 Å². The zero-order valence-electron chi connectivity index (χ0n) is 30.1. The molecule has 0 bridgehead atoms. The fourth-order valence-electron chi connectivity index (χ4n) is 13.6. The lowest BCUT2D eigenvalue weighted by Crippen LogP contribution is -2.68. The van der Waals surface area contributed by atoms with E-state index in [9.17, 15) is 23.4 Å². The molecule has 1 aromatic carbocycles. The van der Waals surface area contributed by atoms with Crippen LogP contribution in [-0.4, -0.2) is 79.3 Å². The Morgan fingerprint density at radius 3 is 2.27 bits per heavy atom. The molecule has 0 radical (unpaired) electrons. The van der Waals surface area contributed by atoms with Crippen molar-refractivity contribution >= 4 is 21.4 Å². The summed E-state index contributed by atoms with van der Waals surface area (Å²) in [6.45, 7) is 16.1. The summed E-state index contributed by atoms with van der Waals surface area (Å²) in [5.74, 6) is 2.31. The summed E-state index contributed by atoms with van der Waals surface area (Å²) in [4.78, 5) is 13.8. The van der Waals surface area contributed by atoms with Gasteiger partial charge in [0.25, 0.3) is 0 Å². The number of sulfone groups is 1. The summed E-state index contributed by atoms with van der Waals surface area (Å²) in [6, 6.07) is 7.53. The Morgan fingerprint density at radius 2 is 1.60 bits per heavy atom. The first-order valence-corrected chi connectivity index (χ1v) is 20.8. The van der Waals surface area contributed by atoms with E-state index in [2.05, 4.69) is 50.9 Å². The van der Waals surface area contributed by atoms with E-state index >= 15 is 0 Å². The number of carboxylic acids is 1. The summed E-state index contributed by atoms with van der Waals surface area (Å²) < 4.78 is 23.9. The lowest BCUT2D eigenvalue weighted by molar-refractivity contribution is -0.221. The van der Waals surface area contributed by atoms with Crippen molar-refractivity contribution in [3.63, 3.8) is 0 Å². The molecule has 5 fully saturated rings. The summed E-state index contributed by atoms with van der Waals surface area (Å²) in [5, 5.41) is 24.3. The van der Waals surface area contributed by atoms with E-state index < -0.39 is 15.8 Å². The van der Waals surface area contributed by atoms with E-state index in [4.69, 9.17) is 0 Å². The maximum Gasteiger partial charge on any atom is 0.335 e. The molecular weight excluding hydrogens is 621 g/mol. The van der Waals surface area contributed by atoms with Crippen LogP contribution in [-0.2, 0) is 9.84 Å². The van der Waals surface area contributed by atoms with Crippen molar-refractivity contribution in [2.24, 2.45) is 51.2 Å². The average molecular weight is 681 g/mol. The van der Waals surface area contributed by atoms with E-state index in [-0.39, 0.29) is 45.3 Å². The average Bonchev–Trinajstić information content (AvgIpc) is 3.41. The Morgan fingerprint density at radius 1 is 0.896 bits per heavy atom. The molecule has 1 aromatic rings. The van der Waals surface area contributed by atoms with Crippen LogP contribution in [0.25, 0.3) is 5.57 Å². The zero-order valence-corrected chi connectivity index (χ0v) is 30.9. The molecule has 9 atom stereocenters. The van der Waals surface area contributed by atoms with Crippen LogP contribution in [0.3, 0.4) is 0 Å². The number of aliphatic hydroxyl groups is 1. The maximum atomic E-state index is 12.0. The van der Waals surface area contributed by atoms with Crippen LogP contribution in [0.1, 0.15) is 108 Å². The van der Waals surface area contributed by atoms with Gasteiger partial charge in [0.05, 0.1) is 17.1 Å². The molecule has 7 nitrogen and oxygen atoms in total. The molecule has 5 aliphatic carbocycles. The second-order valence-electron chi connectivity index (χ2n) is 18.2. The summed E-state index contributed by atoms with van der Waals surface area (Å²) in [6.07, 6.45) is 13.2. The molecule has 1 heterocycles. The SMILES string of the molecule is CC1(C)C(c2ccc(C(=O)O)cc2)=CC[C@]2(C)[C@H]3CC[C@@H]4[C@H]5[C@H](CO)CC[C@]5(NCCN5CCS(=O)(=O)CC5)CC[C@@]4(C)[C@]3(C)CC[C@@H]12. The molecule has 3 N–H and O–H groups in total. The normalized spacial score (nSPS) is 43.3. The number of aliphatic hydroxyl groups excluding tert-OH is 1. The first-order valence-electron chi connectivity index (χ1n) is 18.9. The van der Waals surface area contributed by atoms with Crippen molar-refractivity contribution in [3.8, 4) is 0 Å². The number of benzene rings is 1. The largest absolute Gasteiger partial charge is 0.478 e. The molecule has 1 saturated heterocycles. The van der Waals surface area contributed by atoms with Crippen LogP contribution < -0.4 is 5.32 Å². The van der Waals surface area contributed by atoms with Gasteiger partial charge in [-0.1, -0.05) is 52.8 Å². The quantitative estimate of drug-likeness (QED) is 0.301. The summed E-state index contributed by atoms with van der Waals surface area (Å²) >= 11 is 0. The highest BCUT2D eigenvalue weighted by Gasteiger charge is 2.70. The van der Waals surface area contributed by atoms with Crippen molar-refractivity contribution < 1.29 is 23.4 Å². The van der Waals surface area contributed by atoms with E-state index in [0.717, 1.165) is 37.9 Å². The number of rotatable bonds is 7. The Hall–Kier alpha value is -1.74. The van der Waals surface area contributed by atoms with Crippen LogP contribution >= 0.6 is 0 Å². The first kappa shape index (κ1) is 34.7. The highest BCUT2D eigenvalue weighted by Crippen LogP contribution is 2.76. The molecule has 0 amide bonds. The second-order valence-corrected chi connectivity index (χ2v) is 20.5. The molecule has 4 saturated carbocycles. The number of aromatic carboxylic acids is 1. The van der Waals surface area contributed by atoms with Crippen LogP contribution in [0.15, 0.2) is 30.3 Å². The van der Waals surface area contributed by atoms with Crippen molar-refractivity contribution in [3.05, 3.63) is 41.5 Å². The number of fused-ring (bicyclic) bond motifs is 7. The Balaban J connectivity index is 1.13. The highest BCUT2D eigenvalue weighted by atomic mass is 32.2. The van der Waals surface area contributed by atoms with Gasteiger partial charge >= 0.3 is 5.97 Å². The van der Waals surface area contributed by atoms with Crippen molar-refractivity contribution in [2.75, 3.05) is 44.3 Å². The topological polar surface area (TPSA) is 107 Å². The van der Waals surface area contributed by atoms with Gasteiger partial charge in [-0.3, -0.25) is 0 Å². The standard InChI is InChI=1S/C40H60N2O5S/c1-36(2)30(27-6-8-28(9-7-27)35(44)45)13-15-37(3)32(36)14-16-39(5)33(37)11-10-31-34-29(26-43)12-17-40(34,19-18-38(31,39)4)41-20-21-42-22-24-48(46,47)25-23-42/h6-9,13,29,31-34,41,43H,10-12,14-26H2,1-5H3,(H,44,45)/t29-,31+,32-,33+,34+,37-,38+,39+,40-/m0/s1. The predicted octanol–water partition coefficient (Wildman–Crippen LogP) is 6.52. The highest BCUT2D eigenvalue weighted by molar-refractivity contribution is 7.91. The molecule has 1 aliphatic heterocycles. The molecule has 8 heteroatoms. The van der Waals surface area contributed by atoms with Gasteiger partial charge in [0.2, 0.25) is 0 Å².